The van der Waals surface area contributed by atoms with Crippen molar-refractivity contribution in [1.29, 1.82) is 0 Å². The number of fused-ring (bicyclic) bond motifs is 3. The predicted octanol–water partition coefficient (Wildman–Crippen LogP) is 2.49. The highest BCUT2D eigenvalue weighted by Gasteiger charge is 2.48. The van der Waals surface area contributed by atoms with Crippen LogP contribution >= 0.6 is 11.6 Å². The van der Waals surface area contributed by atoms with Crippen LogP contribution in [0.2, 0.25) is 5.02 Å². The van der Waals surface area contributed by atoms with Crippen LogP contribution < -0.4 is 20.7 Å². The molecule has 1 aliphatic heterocycles. The van der Waals surface area contributed by atoms with E-state index in [2.05, 4.69) is 70.6 Å². The number of hydrogen-bond donors (Lipinski definition) is 0. The third kappa shape index (κ3) is 2.05. The van der Waals surface area contributed by atoms with Gasteiger partial charge in [-0.2, -0.15) is 0 Å². The van der Waals surface area contributed by atoms with Crippen LogP contribution in [0.1, 0.15) is 0 Å². The highest BCUT2D eigenvalue weighted by molar-refractivity contribution is 7.22. The van der Waals surface area contributed by atoms with Crippen molar-refractivity contribution < 1.29 is 0 Å². The van der Waals surface area contributed by atoms with Gasteiger partial charge in [0, 0.05) is 40.9 Å². The average molecular weight is 371 g/mol. The zero-order valence-electron chi connectivity index (χ0n) is 13.9. The van der Waals surface area contributed by atoms with E-state index in [1.54, 1.807) is 0 Å². The van der Waals surface area contributed by atoms with E-state index in [1.165, 1.54) is 31.9 Å². The molecule has 0 N–H and O–H groups in total. The fraction of sp³-hybridized carbons (Fsp3) is 0. The number of hydrogen-bond acceptors (Lipinski definition) is 2. The summed E-state index contributed by atoms with van der Waals surface area (Å²) in [7, 11) is -2.42. The quantitative estimate of drug-likeness (QED) is 0.446. The first-order valence-electron chi connectivity index (χ1n) is 8.53. The second kappa shape index (κ2) is 5.90. The molecular weight excluding hydrogens is 356 g/mol. The van der Waals surface area contributed by atoms with Crippen LogP contribution in [0.3, 0.4) is 0 Å². The van der Waals surface area contributed by atoms with Crippen molar-refractivity contribution >= 4 is 40.4 Å². The molecule has 0 unspecified atom stereocenters. The minimum absolute atomic E-state index is 0.767. The molecule has 2 nitrogen and oxygen atoms in total. The summed E-state index contributed by atoms with van der Waals surface area (Å²) in [5.41, 5.74) is 2.37. The summed E-state index contributed by atoms with van der Waals surface area (Å²) in [5, 5.41) is 6.10. The molecule has 0 spiro atoms. The molecule has 0 aliphatic carbocycles. The van der Waals surface area contributed by atoms with Gasteiger partial charge in [-0.05, 0) is 45.0 Å². The first-order chi connectivity index (χ1) is 12.8. The first-order valence-corrected chi connectivity index (χ1v) is 10.9. The largest absolute Gasteiger partial charge is 0.264 e. The van der Waals surface area contributed by atoms with Gasteiger partial charge in [0.15, 0.2) is 8.07 Å². The van der Waals surface area contributed by atoms with Gasteiger partial charge in [0.25, 0.3) is 0 Å². The lowest BCUT2D eigenvalue weighted by atomic mass is 10.1. The zero-order valence-corrected chi connectivity index (χ0v) is 15.7. The lowest BCUT2D eigenvalue weighted by Gasteiger charge is -2.31. The summed E-state index contributed by atoms with van der Waals surface area (Å²) in [6.45, 7) is 0. The van der Waals surface area contributed by atoms with Gasteiger partial charge < -0.3 is 0 Å². The Labute approximate surface area is 158 Å². The van der Waals surface area contributed by atoms with E-state index in [4.69, 9.17) is 11.6 Å². The first kappa shape index (κ1) is 15.5. The number of halogens is 1. The SMILES string of the molecule is Clc1cccc([Si]2(c3ccccc3)c3ccncc3-c3cnccc32)c1. The summed E-state index contributed by atoms with van der Waals surface area (Å²) in [6, 6.07) is 23.5. The van der Waals surface area contributed by atoms with Crippen LogP contribution in [-0.4, -0.2) is 18.0 Å². The molecule has 0 fully saturated rings. The number of benzene rings is 2. The van der Waals surface area contributed by atoms with Crippen molar-refractivity contribution in [3.63, 3.8) is 0 Å². The third-order valence-electron chi connectivity index (χ3n) is 5.20. The van der Waals surface area contributed by atoms with Crippen LogP contribution in [0, 0.1) is 0 Å². The maximum atomic E-state index is 6.42. The maximum absolute atomic E-state index is 6.42. The van der Waals surface area contributed by atoms with Crippen molar-refractivity contribution in [2.75, 3.05) is 0 Å². The van der Waals surface area contributed by atoms with E-state index in [1.807, 2.05) is 30.9 Å². The van der Waals surface area contributed by atoms with Crippen molar-refractivity contribution in [2.24, 2.45) is 0 Å². The molecule has 4 heteroatoms. The van der Waals surface area contributed by atoms with Crippen molar-refractivity contribution in [3.05, 3.63) is 96.5 Å². The third-order valence-corrected chi connectivity index (χ3v) is 10.3. The van der Waals surface area contributed by atoms with E-state index in [-0.39, 0.29) is 0 Å². The van der Waals surface area contributed by atoms with Crippen molar-refractivity contribution in [3.8, 4) is 11.1 Å². The van der Waals surface area contributed by atoms with Gasteiger partial charge in [-0.1, -0.05) is 54.1 Å². The summed E-state index contributed by atoms with van der Waals surface area (Å²) in [5.74, 6) is 0. The summed E-state index contributed by atoms with van der Waals surface area (Å²) in [6.07, 6.45) is 7.73. The Morgan fingerprint density at radius 3 is 1.88 bits per heavy atom. The molecule has 0 radical (unpaired) electrons. The normalized spacial score (nSPS) is 13.9. The number of aromatic nitrogens is 2. The van der Waals surface area contributed by atoms with Crippen LogP contribution in [0.5, 0.6) is 0 Å². The van der Waals surface area contributed by atoms with Gasteiger partial charge in [-0.15, -0.1) is 0 Å². The lowest BCUT2D eigenvalue weighted by molar-refractivity contribution is 1.32. The van der Waals surface area contributed by atoms with Crippen LogP contribution in [-0.2, 0) is 0 Å². The minimum Gasteiger partial charge on any atom is -0.264 e. The second-order valence-corrected chi connectivity index (χ2v) is 10.6. The predicted molar refractivity (Wildman–Crippen MR) is 110 cm³/mol. The molecule has 124 valence electrons. The van der Waals surface area contributed by atoms with E-state index in [0.29, 0.717) is 0 Å². The Hall–Kier alpha value is -2.75. The highest BCUT2D eigenvalue weighted by Crippen LogP contribution is 2.27. The van der Waals surface area contributed by atoms with E-state index in [9.17, 15) is 0 Å². The molecule has 26 heavy (non-hydrogen) atoms. The Bertz CT molecular complexity index is 1070. The zero-order chi connectivity index (χ0) is 17.6. The van der Waals surface area contributed by atoms with Gasteiger partial charge in [0.1, 0.15) is 0 Å². The molecule has 0 bridgehead atoms. The van der Waals surface area contributed by atoms with Crippen molar-refractivity contribution in [1.82, 2.24) is 9.97 Å². The molecule has 0 saturated heterocycles. The molecule has 5 rings (SSSR count). The number of nitrogens with zero attached hydrogens (tertiary/aromatic N) is 2. The fourth-order valence-corrected chi connectivity index (χ4v) is 9.63. The van der Waals surface area contributed by atoms with Gasteiger partial charge >= 0.3 is 0 Å². The van der Waals surface area contributed by atoms with Crippen LogP contribution in [0.4, 0.5) is 0 Å². The Morgan fingerprint density at radius 2 is 1.27 bits per heavy atom. The van der Waals surface area contributed by atoms with Gasteiger partial charge in [0.05, 0.1) is 0 Å². The molecule has 2 aromatic heterocycles. The molecule has 0 atom stereocenters. The molecule has 0 saturated carbocycles. The van der Waals surface area contributed by atoms with E-state index >= 15 is 0 Å². The molecule has 3 heterocycles. The summed E-state index contributed by atoms with van der Waals surface area (Å²) >= 11 is 6.42. The Kier molecular flexibility index (Phi) is 3.52. The van der Waals surface area contributed by atoms with Crippen LogP contribution in [0.25, 0.3) is 11.1 Å². The Morgan fingerprint density at radius 1 is 0.654 bits per heavy atom. The summed E-state index contributed by atoms with van der Waals surface area (Å²) < 4.78 is 0. The van der Waals surface area contributed by atoms with Gasteiger partial charge in [0.2, 0.25) is 0 Å². The topological polar surface area (TPSA) is 25.8 Å². The standard InChI is InChI=1S/C22H15ClN2Si/c23-16-5-4-8-18(13-16)26(17-6-2-1-3-7-17)21-9-11-24-14-19(21)20-15-25-12-10-22(20)26/h1-15H. The van der Waals surface area contributed by atoms with Gasteiger partial charge in [-0.3, -0.25) is 9.97 Å². The smallest absolute Gasteiger partial charge is 0.181 e. The van der Waals surface area contributed by atoms with Crippen LogP contribution in [0.15, 0.2) is 91.5 Å². The minimum atomic E-state index is -2.42. The Balaban J connectivity index is 1.98. The molecule has 4 aromatic rings. The summed E-state index contributed by atoms with van der Waals surface area (Å²) in [4.78, 5) is 8.79. The number of rotatable bonds is 2. The van der Waals surface area contributed by atoms with Crippen molar-refractivity contribution in [2.45, 2.75) is 0 Å². The molecule has 0 amide bonds. The lowest BCUT2D eigenvalue weighted by Crippen LogP contribution is -2.72. The number of pyridine rings is 2. The molecule has 2 aromatic carbocycles. The monoisotopic (exact) mass is 370 g/mol. The molecule has 1 aliphatic rings. The van der Waals surface area contributed by atoms with E-state index in [0.717, 1.165) is 5.02 Å². The van der Waals surface area contributed by atoms with Gasteiger partial charge in [-0.25, -0.2) is 0 Å². The second-order valence-electron chi connectivity index (χ2n) is 6.47. The maximum Gasteiger partial charge on any atom is 0.181 e. The average Bonchev–Trinajstić information content (AvgIpc) is 3.00. The fourth-order valence-electron chi connectivity index (χ4n) is 4.22. The highest BCUT2D eigenvalue weighted by atomic mass is 35.5. The molecular formula is C22H15ClN2Si. The van der Waals surface area contributed by atoms with E-state index < -0.39 is 8.07 Å².